The number of anilines is 2. The quantitative estimate of drug-likeness (QED) is 0.471. The average Bonchev–Trinajstić information content (AvgIpc) is 3.20. The Balaban J connectivity index is 1.81. The number of hydrogen-bond acceptors (Lipinski definition) is 8. The zero-order valence-corrected chi connectivity index (χ0v) is 16.1. The Morgan fingerprint density at radius 3 is 2.66 bits per heavy atom. The molecule has 0 saturated heterocycles. The number of rotatable bonds is 5. The highest BCUT2D eigenvalue weighted by atomic mass is 19.1. The number of hydrogen-bond donors (Lipinski definition) is 3. The van der Waals surface area contributed by atoms with E-state index in [4.69, 9.17) is 10.5 Å². The second-order valence-electron chi connectivity index (χ2n) is 6.50. The van der Waals surface area contributed by atoms with Crippen molar-refractivity contribution in [3.63, 3.8) is 0 Å². The summed E-state index contributed by atoms with van der Waals surface area (Å²) in [6.07, 6.45) is 6.06. The number of nitrogen functional groups attached to an aromatic ring is 1. The van der Waals surface area contributed by atoms with Crippen LogP contribution in [0.25, 0.3) is 22.3 Å². The van der Waals surface area contributed by atoms with Gasteiger partial charge in [-0.15, -0.1) is 0 Å². The molecule has 0 spiro atoms. The number of imidazole rings is 1. The Morgan fingerprint density at radius 2 is 1.93 bits per heavy atom. The number of nitrogens with zero attached hydrogens (tertiary/aromatic N) is 5. The monoisotopic (exact) mass is 394 g/mol. The molecule has 148 valence electrons. The number of ether oxygens (including phenoxy) is 1. The summed E-state index contributed by atoms with van der Waals surface area (Å²) in [5.74, 6) is 0.854. The van der Waals surface area contributed by atoms with E-state index >= 15 is 0 Å². The van der Waals surface area contributed by atoms with E-state index in [1.165, 1.54) is 12.4 Å². The van der Waals surface area contributed by atoms with E-state index in [1.807, 2.05) is 6.92 Å². The Bertz CT molecular complexity index is 1180. The van der Waals surface area contributed by atoms with Gasteiger partial charge in [0.15, 0.2) is 11.5 Å². The molecule has 1 unspecified atom stereocenters. The van der Waals surface area contributed by atoms with Gasteiger partial charge in [0.25, 0.3) is 0 Å². The van der Waals surface area contributed by atoms with Crippen LogP contribution in [0.2, 0.25) is 0 Å². The van der Waals surface area contributed by atoms with Gasteiger partial charge in [0.2, 0.25) is 5.95 Å². The van der Waals surface area contributed by atoms with E-state index in [9.17, 15) is 4.39 Å². The molecule has 10 heteroatoms. The summed E-state index contributed by atoms with van der Waals surface area (Å²) in [7, 11) is 1.54. The SMILES string of the molecule is COc1c(C(C)Nc2ncnc3nc[nH]c23)cc(F)c(C)c1-c1cnc(N)nc1. The van der Waals surface area contributed by atoms with Gasteiger partial charge in [-0.05, 0) is 25.5 Å². The van der Waals surface area contributed by atoms with Crippen molar-refractivity contribution in [1.82, 2.24) is 29.9 Å². The molecule has 1 atom stereocenters. The fraction of sp³-hybridized carbons (Fsp3) is 0.211. The van der Waals surface area contributed by atoms with Crippen LogP contribution in [0.3, 0.4) is 0 Å². The lowest BCUT2D eigenvalue weighted by atomic mass is 9.94. The molecule has 3 aromatic heterocycles. The summed E-state index contributed by atoms with van der Waals surface area (Å²) >= 11 is 0. The van der Waals surface area contributed by atoms with Crippen LogP contribution in [0.15, 0.2) is 31.1 Å². The minimum Gasteiger partial charge on any atom is -0.496 e. The molecule has 0 bridgehead atoms. The van der Waals surface area contributed by atoms with Gasteiger partial charge in [0.05, 0.1) is 19.5 Å². The van der Waals surface area contributed by atoms with E-state index in [2.05, 4.69) is 35.2 Å². The summed E-state index contributed by atoms with van der Waals surface area (Å²) in [5.41, 5.74) is 9.03. The fourth-order valence-corrected chi connectivity index (χ4v) is 3.26. The number of benzene rings is 1. The van der Waals surface area contributed by atoms with Crippen LogP contribution in [0.1, 0.15) is 24.1 Å². The van der Waals surface area contributed by atoms with Crippen molar-refractivity contribution in [3.8, 4) is 16.9 Å². The second-order valence-corrected chi connectivity index (χ2v) is 6.50. The van der Waals surface area contributed by atoms with Crippen LogP contribution < -0.4 is 15.8 Å². The molecular formula is C19H19FN8O. The number of H-pyrrole nitrogens is 1. The first kappa shape index (κ1) is 18.5. The average molecular weight is 394 g/mol. The predicted octanol–water partition coefficient (Wildman–Crippen LogP) is 3.02. The number of nitrogens with one attached hydrogen (secondary N) is 2. The third kappa shape index (κ3) is 3.28. The molecule has 9 nitrogen and oxygen atoms in total. The molecule has 4 N–H and O–H groups in total. The highest BCUT2D eigenvalue weighted by Gasteiger charge is 2.23. The van der Waals surface area contributed by atoms with E-state index in [0.29, 0.717) is 45.0 Å². The van der Waals surface area contributed by atoms with Crippen LogP contribution in [0, 0.1) is 12.7 Å². The normalized spacial score (nSPS) is 12.1. The largest absolute Gasteiger partial charge is 0.496 e. The molecule has 4 aromatic rings. The summed E-state index contributed by atoms with van der Waals surface area (Å²) < 4.78 is 20.5. The van der Waals surface area contributed by atoms with Crippen molar-refractivity contribution in [2.24, 2.45) is 0 Å². The first-order valence-electron chi connectivity index (χ1n) is 8.85. The van der Waals surface area contributed by atoms with Crippen LogP contribution >= 0.6 is 0 Å². The van der Waals surface area contributed by atoms with Gasteiger partial charge in [-0.1, -0.05) is 0 Å². The molecule has 0 radical (unpaired) electrons. The van der Waals surface area contributed by atoms with Gasteiger partial charge in [-0.3, -0.25) is 0 Å². The Labute approximate surface area is 165 Å². The number of nitrogens with two attached hydrogens (primary N) is 1. The first-order chi connectivity index (χ1) is 14.0. The van der Waals surface area contributed by atoms with Gasteiger partial charge in [-0.2, -0.15) is 0 Å². The lowest BCUT2D eigenvalue weighted by Gasteiger charge is -2.22. The van der Waals surface area contributed by atoms with Gasteiger partial charge < -0.3 is 20.8 Å². The topological polar surface area (TPSA) is 128 Å². The van der Waals surface area contributed by atoms with Gasteiger partial charge >= 0.3 is 0 Å². The van der Waals surface area contributed by atoms with Crippen molar-refractivity contribution in [1.29, 1.82) is 0 Å². The molecule has 29 heavy (non-hydrogen) atoms. The first-order valence-corrected chi connectivity index (χ1v) is 8.85. The molecule has 0 aliphatic rings. The lowest BCUT2D eigenvalue weighted by Crippen LogP contribution is -2.12. The Morgan fingerprint density at radius 1 is 1.17 bits per heavy atom. The van der Waals surface area contributed by atoms with Crippen LogP contribution in [-0.4, -0.2) is 37.0 Å². The van der Waals surface area contributed by atoms with Crippen LogP contribution in [0.5, 0.6) is 5.75 Å². The third-order valence-electron chi connectivity index (χ3n) is 4.71. The zero-order valence-electron chi connectivity index (χ0n) is 16.1. The second kappa shape index (κ2) is 7.30. The van der Waals surface area contributed by atoms with E-state index < -0.39 is 0 Å². The number of methoxy groups -OCH3 is 1. The highest BCUT2D eigenvalue weighted by Crippen LogP contribution is 2.40. The maximum Gasteiger partial charge on any atom is 0.219 e. The van der Waals surface area contributed by atoms with Crippen molar-refractivity contribution in [3.05, 3.63) is 48.1 Å². The molecule has 0 fully saturated rings. The van der Waals surface area contributed by atoms with E-state index in [-0.39, 0.29) is 17.8 Å². The van der Waals surface area contributed by atoms with Crippen molar-refractivity contribution >= 4 is 22.9 Å². The summed E-state index contributed by atoms with van der Waals surface area (Å²) in [5, 5.41) is 3.28. The molecule has 3 heterocycles. The summed E-state index contributed by atoms with van der Waals surface area (Å²) in [4.78, 5) is 23.5. The van der Waals surface area contributed by atoms with Gasteiger partial charge in [0, 0.05) is 29.1 Å². The van der Waals surface area contributed by atoms with Crippen molar-refractivity contribution < 1.29 is 9.13 Å². The van der Waals surface area contributed by atoms with Gasteiger partial charge in [-0.25, -0.2) is 29.3 Å². The minimum absolute atomic E-state index is 0.143. The highest BCUT2D eigenvalue weighted by molar-refractivity contribution is 5.82. The lowest BCUT2D eigenvalue weighted by molar-refractivity contribution is 0.407. The smallest absolute Gasteiger partial charge is 0.219 e. The number of fused-ring (bicyclic) bond motifs is 1. The predicted molar refractivity (Wildman–Crippen MR) is 107 cm³/mol. The standard InChI is InChI=1S/C19H19FN8O/c1-9-13(20)4-12(16(29-3)14(9)11-5-22-19(21)23-6-11)10(2)28-18-15-17(25-7-24-15)26-8-27-18/h4-8,10H,1-3H3,(H2,21,22,23)(H2,24,25,26,27,28). The molecular weight excluding hydrogens is 375 g/mol. The Kier molecular flexibility index (Phi) is 4.67. The van der Waals surface area contributed by atoms with E-state index in [0.717, 1.165) is 0 Å². The number of aromatic amines is 1. The Hall–Kier alpha value is -3.82. The molecule has 0 aliphatic heterocycles. The van der Waals surface area contributed by atoms with Crippen LogP contribution in [-0.2, 0) is 0 Å². The number of halogens is 1. The third-order valence-corrected chi connectivity index (χ3v) is 4.71. The summed E-state index contributed by atoms with van der Waals surface area (Å²) in [6, 6.07) is 1.12. The summed E-state index contributed by atoms with van der Waals surface area (Å²) in [6.45, 7) is 3.57. The van der Waals surface area contributed by atoms with Crippen molar-refractivity contribution in [2.45, 2.75) is 19.9 Å². The van der Waals surface area contributed by atoms with Crippen molar-refractivity contribution in [2.75, 3.05) is 18.2 Å². The maximum absolute atomic E-state index is 14.8. The van der Waals surface area contributed by atoms with Gasteiger partial charge in [0.1, 0.15) is 23.4 Å². The molecule has 4 rings (SSSR count). The van der Waals surface area contributed by atoms with Crippen LogP contribution in [0.4, 0.5) is 16.2 Å². The molecule has 0 saturated carbocycles. The maximum atomic E-state index is 14.8. The molecule has 1 aromatic carbocycles. The fourth-order valence-electron chi connectivity index (χ4n) is 3.26. The zero-order chi connectivity index (χ0) is 20.5. The minimum atomic E-state index is -0.365. The van der Waals surface area contributed by atoms with E-state index in [1.54, 1.807) is 32.8 Å². The number of aromatic nitrogens is 6. The molecule has 0 amide bonds. The molecule has 0 aliphatic carbocycles.